The maximum absolute atomic E-state index is 13.9. The highest BCUT2D eigenvalue weighted by atomic mass is 18.2. The molecule has 5 amide bonds. The summed E-state index contributed by atoms with van der Waals surface area (Å²) in [6.07, 6.45) is 1.81. The maximum atomic E-state index is 13.9. The molecule has 22 heteroatoms. The van der Waals surface area contributed by atoms with E-state index >= 15 is 0 Å². The number of carbonyl (C=O) groups is 5. The Morgan fingerprint density at radius 2 is 1.25 bits per heavy atom. The number of para-hydroxylation sites is 1. The van der Waals surface area contributed by atoms with E-state index in [1.54, 1.807) is 17.9 Å². The van der Waals surface area contributed by atoms with Crippen molar-refractivity contribution in [1.82, 2.24) is 35.5 Å². The number of nitrogens with zero attached hydrogens (tertiary/aromatic N) is 6. The quantitative estimate of drug-likeness (QED) is 0.0389. The molecule has 21 nitrogen and oxygen atoms in total. The van der Waals surface area contributed by atoms with E-state index in [-0.39, 0.29) is 99.8 Å². The molecule has 4 aromatic rings. The third kappa shape index (κ3) is 17.5. The van der Waals surface area contributed by atoms with Crippen LogP contribution in [0.1, 0.15) is 38.2 Å². The van der Waals surface area contributed by atoms with Crippen molar-refractivity contribution in [1.29, 1.82) is 0 Å². The minimum Gasteiger partial charge on any atom is -0.486 e. The van der Waals surface area contributed by atoms with Crippen LogP contribution in [0.2, 0.25) is 0 Å². The van der Waals surface area contributed by atoms with Crippen molar-refractivity contribution in [3.63, 3.8) is 0 Å². The number of hydrogen-bond acceptors (Lipinski definition) is 16. The molecule has 2 aliphatic rings. The second kappa shape index (κ2) is 30.6. The van der Waals surface area contributed by atoms with E-state index in [0.29, 0.717) is 110 Å². The number of aromatic nitrogens is 4. The molecule has 1 atom stereocenters. The summed E-state index contributed by atoms with van der Waals surface area (Å²) >= 11 is 0. The Balaban J connectivity index is 0.802. The average Bonchev–Trinajstić information content (AvgIpc) is 3.90. The highest BCUT2D eigenvalue weighted by molar-refractivity contribution is 6.03. The van der Waals surface area contributed by atoms with Crippen molar-refractivity contribution in [2.45, 2.75) is 45.7 Å². The number of likely N-dealkylation sites (tertiary alicyclic amines) is 1. The fraction of sp³-hybridized carbons (Fsp3) is 0.520. The van der Waals surface area contributed by atoms with E-state index in [2.05, 4.69) is 25.9 Å². The summed E-state index contributed by atoms with van der Waals surface area (Å²) in [4.78, 5) is 68.7. The number of halogens is 1. The molecule has 0 spiro atoms. The summed E-state index contributed by atoms with van der Waals surface area (Å²) in [5.74, 6) is -2.02. The number of hydrogen-bond donors (Lipinski definition) is 2. The fourth-order valence-corrected chi connectivity index (χ4v) is 7.68. The number of nitrogens with one attached hydrogen (secondary N) is 2. The first-order chi connectivity index (χ1) is 35.2. The largest absolute Gasteiger partial charge is 0.486 e. The number of ether oxygens (including phenoxy) is 8. The summed E-state index contributed by atoms with van der Waals surface area (Å²) in [6.45, 7) is 7.81. The van der Waals surface area contributed by atoms with E-state index < -0.39 is 5.95 Å². The molecule has 72 heavy (non-hydrogen) atoms. The number of anilines is 1. The van der Waals surface area contributed by atoms with Gasteiger partial charge in [-0.05, 0) is 23.8 Å². The molecule has 0 aliphatic carbocycles. The molecule has 1 saturated heterocycles. The van der Waals surface area contributed by atoms with Crippen LogP contribution in [0.4, 0.5) is 10.1 Å². The van der Waals surface area contributed by atoms with Gasteiger partial charge in [0.25, 0.3) is 5.95 Å². The van der Waals surface area contributed by atoms with Crippen molar-refractivity contribution in [2.24, 2.45) is 5.92 Å². The molecule has 2 aliphatic heterocycles. The minimum absolute atomic E-state index is 0.0555. The van der Waals surface area contributed by atoms with Gasteiger partial charge in [0, 0.05) is 68.6 Å². The molecule has 390 valence electrons. The molecule has 2 aromatic carbocycles. The van der Waals surface area contributed by atoms with Crippen molar-refractivity contribution in [2.75, 3.05) is 124 Å². The molecule has 0 bridgehead atoms. The third-order valence-corrected chi connectivity index (χ3v) is 11.3. The zero-order valence-electron chi connectivity index (χ0n) is 40.8. The number of imide groups is 1. The van der Waals surface area contributed by atoms with Crippen LogP contribution in [0.3, 0.4) is 0 Å². The first-order valence-electron chi connectivity index (χ1n) is 24.3. The van der Waals surface area contributed by atoms with Crippen LogP contribution in [0.25, 0.3) is 22.5 Å². The summed E-state index contributed by atoms with van der Waals surface area (Å²) in [5.41, 5.74) is 4.73. The smallest absolute Gasteiger partial charge is 0.255 e. The lowest BCUT2D eigenvalue weighted by atomic mass is 9.95. The van der Waals surface area contributed by atoms with Gasteiger partial charge in [0.05, 0.1) is 117 Å². The first kappa shape index (κ1) is 55.1. The molecule has 0 saturated carbocycles. The Bertz CT molecular complexity index is 2360. The zero-order valence-corrected chi connectivity index (χ0v) is 40.8. The Labute approximate surface area is 417 Å². The zero-order chi connectivity index (χ0) is 50.8. The van der Waals surface area contributed by atoms with Crippen molar-refractivity contribution >= 4 is 35.2 Å². The van der Waals surface area contributed by atoms with Crippen molar-refractivity contribution in [3.8, 4) is 28.3 Å². The van der Waals surface area contributed by atoms with Crippen LogP contribution < -0.4 is 20.3 Å². The van der Waals surface area contributed by atoms with Gasteiger partial charge in [-0.2, -0.15) is 4.39 Å². The van der Waals surface area contributed by atoms with Crippen LogP contribution in [-0.2, 0) is 70.2 Å². The molecular weight excluding hydrogens is 939 g/mol. The maximum Gasteiger partial charge on any atom is 0.255 e. The first-order valence-corrected chi connectivity index (χ1v) is 24.3. The van der Waals surface area contributed by atoms with Gasteiger partial charge >= 0.3 is 0 Å². The van der Waals surface area contributed by atoms with Crippen molar-refractivity contribution < 1.29 is 66.3 Å². The second-order valence-electron chi connectivity index (χ2n) is 16.5. The summed E-state index contributed by atoms with van der Waals surface area (Å²) < 4.78 is 59.7. The van der Waals surface area contributed by atoms with Gasteiger partial charge in [-0.25, -0.2) is 9.67 Å². The lowest BCUT2D eigenvalue weighted by molar-refractivity contribution is -0.139. The molecular formula is C50H65FN8O13. The van der Waals surface area contributed by atoms with Crippen molar-refractivity contribution in [3.05, 3.63) is 78.4 Å². The van der Waals surface area contributed by atoms with Gasteiger partial charge < -0.3 is 53.4 Å². The fourth-order valence-electron chi connectivity index (χ4n) is 7.68. The predicted octanol–water partition coefficient (Wildman–Crippen LogP) is 2.99. The molecule has 1 unspecified atom stereocenters. The minimum atomic E-state index is -0.659. The third-order valence-electron chi connectivity index (χ3n) is 11.3. The molecule has 6 rings (SSSR count). The molecule has 0 radical (unpaired) electrons. The van der Waals surface area contributed by atoms with Crippen LogP contribution in [0, 0.1) is 11.9 Å². The standard InChI is InChI=1S/C50H65FN8O13/c1-37-35-46(63)57(50(37)64)18-13-43(60)53-17-21-66-24-27-69-30-29-68-26-23-65-20-14-44(61)52-16-12-45(62)58-36-38-7-2-3-8-39(38)48-47(40-9-4-5-10-41(40)58)55-56-59(48)19-22-67-25-28-70-31-32-71-33-34-72-42-11-6-15-54-49(42)51/h2-11,15,37H,12-14,16-36H2,1H3,(H,52,61)(H,53,60)/i51-1. The van der Waals surface area contributed by atoms with Gasteiger partial charge in [0.15, 0.2) is 5.75 Å². The van der Waals surface area contributed by atoms with E-state index in [1.807, 2.05) is 53.2 Å². The van der Waals surface area contributed by atoms with E-state index in [9.17, 15) is 28.4 Å². The van der Waals surface area contributed by atoms with E-state index in [1.165, 1.54) is 12.3 Å². The molecule has 2 N–H and O–H groups in total. The summed E-state index contributed by atoms with van der Waals surface area (Å²) in [6, 6.07) is 18.6. The Hall–Kier alpha value is -6.27. The number of carbonyl (C=O) groups excluding carboxylic acids is 5. The Morgan fingerprint density at radius 1 is 0.653 bits per heavy atom. The van der Waals surface area contributed by atoms with Gasteiger partial charge in [-0.15, -0.1) is 5.10 Å². The monoisotopic (exact) mass is 1000 g/mol. The molecule has 2 aromatic heterocycles. The SMILES string of the molecule is CC1CC(=O)N(CCC(=O)NCCOCCOCCOCCOCCC(=O)NCCC(=O)N2Cc3ccccc3-c3c(nnn3CCOCCOCCOCCOc3cccnc3[18F])-c3ccccc32)C1=O. The second-order valence-corrected chi connectivity index (χ2v) is 16.5. The van der Waals surface area contributed by atoms with Gasteiger partial charge in [0.1, 0.15) is 12.3 Å². The average molecular weight is 1000 g/mol. The highest BCUT2D eigenvalue weighted by Crippen LogP contribution is 2.41. The van der Waals surface area contributed by atoms with Gasteiger partial charge in [0.2, 0.25) is 29.5 Å². The molecule has 4 heterocycles. The molecule has 1 fully saturated rings. The number of amides is 5. The normalized spacial score (nSPS) is 14.1. The number of rotatable bonds is 34. The number of benzene rings is 2. The highest BCUT2D eigenvalue weighted by Gasteiger charge is 2.35. The number of fused-ring (bicyclic) bond motifs is 5. The van der Waals surface area contributed by atoms with E-state index in [4.69, 9.17) is 37.9 Å². The van der Waals surface area contributed by atoms with Gasteiger partial charge in [-0.1, -0.05) is 54.6 Å². The van der Waals surface area contributed by atoms with Crippen LogP contribution in [0.5, 0.6) is 5.75 Å². The van der Waals surface area contributed by atoms with E-state index in [0.717, 1.165) is 27.3 Å². The Morgan fingerprint density at radius 3 is 1.93 bits per heavy atom. The van der Waals surface area contributed by atoms with Crippen LogP contribution in [-0.4, -0.2) is 173 Å². The summed E-state index contributed by atoms with van der Waals surface area (Å²) in [5, 5.41) is 14.7. The topological polar surface area (TPSA) is 233 Å². The number of pyridine rings is 1. The Kier molecular flexibility index (Phi) is 23.4. The van der Waals surface area contributed by atoms with Gasteiger partial charge in [-0.3, -0.25) is 28.9 Å². The van der Waals surface area contributed by atoms with Crippen LogP contribution in [0.15, 0.2) is 66.9 Å². The lowest BCUT2D eigenvalue weighted by Gasteiger charge is -2.28. The lowest BCUT2D eigenvalue weighted by Crippen LogP contribution is -2.35. The van der Waals surface area contributed by atoms with Crippen LogP contribution >= 0.6 is 0 Å². The predicted molar refractivity (Wildman–Crippen MR) is 258 cm³/mol. The summed E-state index contributed by atoms with van der Waals surface area (Å²) in [7, 11) is 0.